The van der Waals surface area contributed by atoms with E-state index in [1.165, 1.54) is 0 Å². The number of rotatable bonds is 5. The van der Waals surface area contributed by atoms with Gasteiger partial charge in [-0.3, -0.25) is 0 Å². The normalized spacial score (nSPS) is 10.6. The summed E-state index contributed by atoms with van der Waals surface area (Å²) in [5.74, 6) is 0.993. The number of nitrogens with one attached hydrogen (secondary N) is 1. The van der Waals surface area contributed by atoms with Gasteiger partial charge in [-0.15, -0.1) is 0 Å². The zero-order chi connectivity index (χ0) is 11.2. The molecule has 0 fully saturated rings. The average molecular weight is 216 g/mol. The second kappa shape index (κ2) is 5.47. The van der Waals surface area contributed by atoms with Crippen LogP contribution in [0.15, 0.2) is 36.5 Å². The van der Waals surface area contributed by atoms with Gasteiger partial charge in [0, 0.05) is 13.0 Å². The molecular formula is C13H16N2O. The van der Waals surface area contributed by atoms with E-state index >= 15 is 0 Å². The number of aliphatic hydroxyl groups is 1. The van der Waals surface area contributed by atoms with Gasteiger partial charge < -0.3 is 10.1 Å². The molecule has 2 rings (SSSR count). The zero-order valence-corrected chi connectivity index (χ0v) is 9.19. The van der Waals surface area contributed by atoms with E-state index in [0.717, 1.165) is 36.3 Å². The predicted octanol–water partition coefficient (Wildman–Crippen LogP) is 2.39. The van der Waals surface area contributed by atoms with Crippen LogP contribution in [0.25, 0.3) is 11.3 Å². The van der Waals surface area contributed by atoms with Crippen LogP contribution < -0.4 is 0 Å². The molecule has 3 heteroatoms. The summed E-state index contributed by atoms with van der Waals surface area (Å²) in [6, 6.07) is 10.2. The molecule has 0 aliphatic heterocycles. The molecule has 0 saturated heterocycles. The van der Waals surface area contributed by atoms with Gasteiger partial charge in [0.15, 0.2) is 0 Å². The molecule has 2 N–H and O–H groups in total. The van der Waals surface area contributed by atoms with E-state index in [9.17, 15) is 0 Å². The Balaban J connectivity index is 2.02. The predicted molar refractivity (Wildman–Crippen MR) is 64.0 cm³/mol. The third-order valence-electron chi connectivity index (χ3n) is 2.53. The summed E-state index contributed by atoms with van der Waals surface area (Å²) >= 11 is 0. The third kappa shape index (κ3) is 2.70. The number of aliphatic hydroxyl groups excluding tert-OH is 1. The molecule has 1 heterocycles. The van der Waals surface area contributed by atoms with Crippen molar-refractivity contribution in [3.8, 4) is 11.3 Å². The highest BCUT2D eigenvalue weighted by Crippen LogP contribution is 2.16. The van der Waals surface area contributed by atoms with E-state index in [2.05, 4.69) is 22.1 Å². The van der Waals surface area contributed by atoms with Gasteiger partial charge in [-0.2, -0.15) is 0 Å². The fourth-order valence-corrected chi connectivity index (χ4v) is 1.66. The molecule has 0 amide bonds. The Kier molecular flexibility index (Phi) is 3.72. The number of nitrogens with zero attached hydrogens (tertiary/aromatic N) is 1. The maximum atomic E-state index is 8.70. The van der Waals surface area contributed by atoms with Crippen molar-refractivity contribution in [1.82, 2.24) is 9.97 Å². The minimum absolute atomic E-state index is 0.256. The fourth-order valence-electron chi connectivity index (χ4n) is 1.66. The second-order valence-electron chi connectivity index (χ2n) is 3.79. The molecule has 0 aliphatic rings. The Morgan fingerprint density at radius 3 is 2.69 bits per heavy atom. The SMILES string of the molecule is OCCCCc1ncc(-c2ccccc2)[nH]1. The van der Waals surface area contributed by atoms with Gasteiger partial charge >= 0.3 is 0 Å². The Morgan fingerprint density at radius 1 is 1.12 bits per heavy atom. The number of aromatic amines is 1. The van der Waals surface area contributed by atoms with Gasteiger partial charge in [-0.05, 0) is 18.4 Å². The minimum Gasteiger partial charge on any atom is -0.396 e. The first-order valence-corrected chi connectivity index (χ1v) is 5.60. The van der Waals surface area contributed by atoms with Crippen molar-refractivity contribution in [1.29, 1.82) is 0 Å². The average Bonchev–Trinajstić information content (AvgIpc) is 2.79. The summed E-state index contributed by atoms with van der Waals surface area (Å²) < 4.78 is 0. The lowest BCUT2D eigenvalue weighted by Gasteiger charge is -1.97. The lowest BCUT2D eigenvalue weighted by atomic mass is 10.2. The van der Waals surface area contributed by atoms with Crippen molar-refractivity contribution in [3.63, 3.8) is 0 Å². The summed E-state index contributed by atoms with van der Waals surface area (Å²) in [6.07, 6.45) is 4.57. The van der Waals surface area contributed by atoms with Gasteiger partial charge in [0.1, 0.15) is 5.82 Å². The summed E-state index contributed by atoms with van der Waals surface area (Å²) in [6.45, 7) is 0.256. The van der Waals surface area contributed by atoms with Crippen LogP contribution in [0.2, 0.25) is 0 Å². The molecule has 1 aromatic carbocycles. The lowest BCUT2D eigenvalue weighted by Crippen LogP contribution is -1.90. The molecule has 84 valence electrons. The van der Waals surface area contributed by atoms with Crippen LogP contribution >= 0.6 is 0 Å². The molecule has 0 radical (unpaired) electrons. The van der Waals surface area contributed by atoms with Crippen LogP contribution in [-0.2, 0) is 6.42 Å². The number of hydrogen-bond donors (Lipinski definition) is 2. The number of benzene rings is 1. The number of unbranched alkanes of at least 4 members (excludes halogenated alkanes) is 1. The highest BCUT2D eigenvalue weighted by atomic mass is 16.2. The molecule has 0 bridgehead atoms. The van der Waals surface area contributed by atoms with Crippen molar-refractivity contribution < 1.29 is 5.11 Å². The third-order valence-corrected chi connectivity index (χ3v) is 2.53. The van der Waals surface area contributed by atoms with Gasteiger partial charge in [0.2, 0.25) is 0 Å². The minimum atomic E-state index is 0.256. The standard InChI is InChI=1S/C13H16N2O/c16-9-5-4-8-13-14-10-12(15-13)11-6-2-1-3-7-11/h1-3,6-7,10,16H,4-5,8-9H2,(H,14,15). The summed E-state index contributed by atoms with van der Waals surface area (Å²) in [4.78, 5) is 7.62. The Hall–Kier alpha value is -1.61. The smallest absolute Gasteiger partial charge is 0.106 e. The van der Waals surface area contributed by atoms with Crippen LogP contribution in [0, 0.1) is 0 Å². The number of imidazole rings is 1. The monoisotopic (exact) mass is 216 g/mol. The van der Waals surface area contributed by atoms with Gasteiger partial charge in [0.25, 0.3) is 0 Å². The topological polar surface area (TPSA) is 48.9 Å². The van der Waals surface area contributed by atoms with E-state index < -0.39 is 0 Å². The molecule has 0 unspecified atom stereocenters. The highest BCUT2D eigenvalue weighted by Gasteiger charge is 2.02. The Labute approximate surface area is 95.2 Å². The van der Waals surface area contributed by atoms with Crippen LogP contribution in [-0.4, -0.2) is 21.7 Å². The molecule has 0 spiro atoms. The van der Waals surface area contributed by atoms with Crippen molar-refractivity contribution in [2.24, 2.45) is 0 Å². The Bertz CT molecular complexity index is 423. The van der Waals surface area contributed by atoms with Crippen LogP contribution in [0.1, 0.15) is 18.7 Å². The molecule has 16 heavy (non-hydrogen) atoms. The second-order valence-corrected chi connectivity index (χ2v) is 3.79. The largest absolute Gasteiger partial charge is 0.396 e. The fraction of sp³-hybridized carbons (Fsp3) is 0.308. The lowest BCUT2D eigenvalue weighted by molar-refractivity contribution is 0.284. The number of aryl methyl sites for hydroxylation is 1. The first-order chi connectivity index (χ1) is 7.90. The zero-order valence-electron chi connectivity index (χ0n) is 9.19. The summed E-state index contributed by atoms with van der Waals surface area (Å²) in [5.41, 5.74) is 2.21. The molecule has 0 atom stereocenters. The summed E-state index contributed by atoms with van der Waals surface area (Å²) in [7, 11) is 0. The van der Waals surface area contributed by atoms with E-state index in [0.29, 0.717) is 0 Å². The van der Waals surface area contributed by atoms with Crippen molar-refractivity contribution in [2.45, 2.75) is 19.3 Å². The van der Waals surface area contributed by atoms with Crippen LogP contribution in [0.3, 0.4) is 0 Å². The quantitative estimate of drug-likeness (QED) is 0.754. The van der Waals surface area contributed by atoms with Crippen molar-refractivity contribution in [3.05, 3.63) is 42.4 Å². The molecule has 3 nitrogen and oxygen atoms in total. The molecule has 2 aromatic rings. The molecule has 1 aromatic heterocycles. The first-order valence-electron chi connectivity index (χ1n) is 5.60. The van der Waals surface area contributed by atoms with Crippen LogP contribution in [0.5, 0.6) is 0 Å². The number of H-pyrrole nitrogens is 1. The first kappa shape index (κ1) is 10.9. The van der Waals surface area contributed by atoms with Gasteiger partial charge in [-0.25, -0.2) is 4.98 Å². The van der Waals surface area contributed by atoms with E-state index in [4.69, 9.17) is 5.11 Å². The van der Waals surface area contributed by atoms with Crippen LogP contribution in [0.4, 0.5) is 0 Å². The van der Waals surface area contributed by atoms with E-state index in [1.54, 1.807) is 0 Å². The molecule has 0 saturated carbocycles. The number of aromatic nitrogens is 2. The molecular weight excluding hydrogens is 200 g/mol. The highest BCUT2D eigenvalue weighted by molar-refractivity contribution is 5.57. The maximum absolute atomic E-state index is 8.70. The van der Waals surface area contributed by atoms with Crippen molar-refractivity contribution in [2.75, 3.05) is 6.61 Å². The molecule has 0 aliphatic carbocycles. The van der Waals surface area contributed by atoms with Gasteiger partial charge in [-0.1, -0.05) is 30.3 Å². The maximum Gasteiger partial charge on any atom is 0.106 e. The number of hydrogen-bond acceptors (Lipinski definition) is 2. The van der Waals surface area contributed by atoms with Crippen molar-refractivity contribution >= 4 is 0 Å². The van der Waals surface area contributed by atoms with E-state index in [-0.39, 0.29) is 6.61 Å². The Morgan fingerprint density at radius 2 is 1.94 bits per heavy atom. The summed E-state index contributed by atoms with van der Waals surface area (Å²) in [5, 5.41) is 8.70. The van der Waals surface area contributed by atoms with Gasteiger partial charge in [0.05, 0.1) is 11.9 Å². The van der Waals surface area contributed by atoms with E-state index in [1.807, 2.05) is 24.4 Å².